The van der Waals surface area contributed by atoms with Gasteiger partial charge in [-0.3, -0.25) is 0 Å². The van der Waals surface area contributed by atoms with Crippen molar-refractivity contribution >= 4 is 11.7 Å². The second-order valence-electron chi connectivity index (χ2n) is 5.88. The molecule has 2 aromatic rings. The van der Waals surface area contributed by atoms with E-state index in [1.54, 1.807) is 18.2 Å². The number of hydrogen-bond acceptors (Lipinski definition) is 4. The van der Waals surface area contributed by atoms with Gasteiger partial charge in [-0.25, -0.2) is 9.18 Å². The minimum absolute atomic E-state index is 0.0491. The fraction of sp³-hybridized carbons (Fsp3) is 0.353. The Morgan fingerprint density at radius 1 is 1.33 bits per heavy atom. The van der Waals surface area contributed by atoms with Crippen LogP contribution in [0, 0.1) is 11.7 Å². The van der Waals surface area contributed by atoms with Gasteiger partial charge in [-0.1, -0.05) is 0 Å². The number of benzene rings is 1. The van der Waals surface area contributed by atoms with Gasteiger partial charge in [-0.2, -0.15) is 0 Å². The molecule has 128 valence electrons. The van der Waals surface area contributed by atoms with Crippen LogP contribution in [0.3, 0.4) is 0 Å². The second-order valence-corrected chi connectivity index (χ2v) is 5.88. The maximum absolute atomic E-state index is 14.2. The lowest BCUT2D eigenvalue weighted by atomic mass is 10.1. The first-order chi connectivity index (χ1) is 11.6. The summed E-state index contributed by atoms with van der Waals surface area (Å²) >= 11 is 0. The van der Waals surface area contributed by atoms with E-state index in [0.717, 1.165) is 0 Å². The molecule has 3 N–H and O–H groups in total. The first-order valence-corrected chi connectivity index (χ1v) is 7.75. The Labute approximate surface area is 138 Å². The number of nitrogens with one attached hydrogen (secondary N) is 1. The lowest BCUT2D eigenvalue weighted by Crippen LogP contribution is -2.40. The normalized spacial score (nSPS) is 20.4. The predicted octanol–water partition coefficient (Wildman–Crippen LogP) is 2.29. The summed E-state index contributed by atoms with van der Waals surface area (Å²) in [6.45, 7) is 0.0932. The number of furan rings is 1. The SMILES string of the molecule is O=C(Nc1ccc(-c2ccco2)cc1F)N1CC(CO)CC1CO. The van der Waals surface area contributed by atoms with Crippen LogP contribution in [0.2, 0.25) is 0 Å². The molecule has 1 aliphatic heterocycles. The van der Waals surface area contributed by atoms with E-state index in [-0.39, 0.29) is 30.9 Å². The summed E-state index contributed by atoms with van der Waals surface area (Å²) in [5, 5.41) is 21.1. The van der Waals surface area contributed by atoms with Gasteiger partial charge >= 0.3 is 6.03 Å². The van der Waals surface area contributed by atoms with E-state index in [0.29, 0.717) is 24.3 Å². The quantitative estimate of drug-likeness (QED) is 0.801. The third kappa shape index (κ3) is 3.27. The summed E-state index contributed by atoms with van der Waals surface area (Å²) < 4.78 is 19.5. The van der Waals surface area contributed by atoms with Crippen LogP contribution in [0.15, 0.2) is 41.0 Å². The van der Waals surface area contributed by atoms with Crippen molar-refractivity contribution in [3.05, 3.63) is 42.4 Å². The highest BCUT2D eigenvalue weighted by molar-refractivity contribution is 5.90. The molecule has 0 aliphatic carbocycles. The Bertz CT molecular complexity index is 705. The van der Waals surface area contributed by atoms with E-state index in [4.69, 9.17) is 4.42 Å². The largest absolute Gasteiger partial charge is 0.464 e. The van der Waals surface area contributed by atoms with Gasteiger partial charge in [0.05, 0.1) is 24.6 Å². The second kappa shape index (κ2) is 7.02. The van der Waals surface area contributed by atoms with E-state index in [1.165, 1.54) is 23.3 Å². The van der Waals surface area contributed by atoms with Crippen molar-refractivity contribution in [2.24, 2.45) is 5.92 Å². The summed E-state index contributed by atoms with van der Waals surface area (Å²) in [6.07, 6.45) is 2.03. The number of urea groups is 1. The summed E-state index contributed by atoms with van der Waals surface area (Å²) in [4.78, 5) is 13.8. The molecule has 2 heterocycles. The average molecular weight is 334 g/mol. The highest BCUT2D eigenvalue weighted by Gasteiger charge is 2.34. The smallest absolute Gasteiger partial charge is 0.322 e. The molecule has 24 heavy (non-hydrogen) atoms. The Hall–Kier alpha value is -2.38. The average Bonchev–Trinajstić information content (AvgIpc) is 3.25. The standard InChI is InChI=1S/C17H19FN2O4/c18-14-7-12(16-2-1-5-24-16)3-4-15(14)19-17(23)20-8-11(9-21)6-13(20)10-22/h1-5,7,11,13,21-22H,6,8-10H2,(H,19,23). The molecule has 0 radical (unpaired) electrons. The number of hydrogen-bond donors (Lipinski definition) is 3. The highest BCUT2D eigenvalue weighted by Crippen LogP contribution is 2.27. The number of carbonyl (C=O) groups is 1. The number of likely N-dealkylation sites (tertiary alicyclic amines) is 1. The first-order valence-electron chi connectivity index (χ1n) is 7.75. The summed E-state index contributed by atoms with van der Waals surface area (Å²) in [5.41, 5.74) is 0.629. The fourth-order valence-corrected chi connectivity index (χ4v) is 2.97. The molecule has 2 amide bonds. The van der Waals surface area contributed by atoms with Crippen LogP contribution in [0.1, 0.15) is 6.42 Å². The van der Waals surface area contributed by atoms with Gasteiger partial charge in [0.15, 0.2) is 0 Å². The van der Waals surface area contributed by atoms with Gasteiger partial charge in [-0.15, -0.1) is 0 Å². The molecule has 7 heteroatoms. The molecule has 0 saturated carbocycles. The van der Waals surface area contributed by atoms with Crippen LogP contribution in [-0.2, 0) is 0 Å². The molecular weight excluding hydrogens is 315 g/mol. The van der Waals surface area contributed by atoms with Crippen molar-refractivity contribution in [3.8, 4) is 11.3 Å². The first kappa shape index (κ1) is 16.5. The van der Waals surface area contributed by atoms with Gasteiger partial charge in [0, 0.05) is 24.6 Å². The van der Waals surface area contributed by atoms with Gasteiger partial charge < -0.3 is 24.8 Å². The molecule has 2 atom stereocenters. The number of amides is 2. The zero-order chi connectivity index (χ0) is 17.1. The van der Waals surface area contributed by atoms with E-state index in [1.807, 2.05) is 0 Å². The Morgan fingerprint density at radius 3 is 2.79 bits per heavy atom. The number of nitrogens with zero attached hydrogens (tertiary/aromatic N) is 1. The molecule has 0 spiro atoms. The zero-order valence-corrected chi connectivity index (χ0v) is 13.0. The Morgan fingerprint density at radius 2 is 2.17 bits per heavy atom. The molecule has 1 fully saturated rings. The van der Waals surface area contributed by atoms with Gasteiger partial charge in [-0.05, 0) is 36.8 Å². The number of aliphatic hydroxyl groups is 2. The van der Waals surface area contributed by atoms with Crippen LogP contribution >= 0.6 is 0 Å². The molecule has 0 bridgehead atoms. The van der Waals surface area contributed by atoms with E-state index >= 15 is 0 Å². The zero-order valence-electron chi connectivity index (χ0n) is 13.0. The summed E-state index contributed by atoms with van der Waals surface area (Å²) in [7, 11) is 0. The molecule has 1 aliphatic rings. The van der Waals surface area contributed by atoms with Crippen molar-refractivity contribution < 1.29 is 23.8 Å². The van der Waals surface area contributed by atoms with Crippen LogP contribution in [0.25, 0.3) is 11.3 Å². The molecule has 1 aromatic heterocycles. The van der Waals surface area contributed by atoms with E-state index in [2.05, 4.69) is 5.32 Å². The van der Waals surface area contributed by atoms with Crippen molar-refractivity contribution in [2.45, 2.75) is 12.5 Å². The Balaban J connectivity index is 1.72. The van der Waals surface area contributed by atoms with Gasteiger partial charge in [0.2, 0.25) is 0 Å². The van der Waals surface area contributed by atoms with E-state index in [9.17, 15) is 19.4 Å². The number of halogens is 1. The molecule has 1 aromatic carbocycles. The lowest BCUT2D eigenvalue weighted by Gasteiger charge is -2.23. The summed E-state index contributed by atoms with van der Waals surface area (Å²) in [6, 6.07) is 6.99. The maximum Gasteiger partial charge on any atom is 0.322 e. The van der Waals surface area contributed by atoms with Crippen LogP contribution in [0.4, 0.5) is 14.9 Å². The van der Waals surface area contributed by atoms with Crippen LogP contribution < -0.4 is 5.32 Å². The maximum atomic E-state index is 14.2. The molecule has 3 rings (SSSR count). The Kier molecular flexibility index (Phi) is 4.82. The van der Waals surface area contributed by atoms with Gasteiger partial charge in [0.25, 0.3) is 0 Å². The predicted molar refractivity (Wildman–Crippen MR) is 85.9 cm³/mol. The third-order valence-corrected chi connectivity index (χ3v) is 4.25. The number of carbonyl (C=O) groups excluding carboxylic acids is 1. The van der Waals surface area contributed by atoms with Crippen molar-refractivity contribution in [2.75, 3.05) is 25.1 Å². The molecular formula is C17H19FN2O4. The molecule has 6 nitrogen and oxygen atoms in total. The van der Waals surface area contributed by atoms with Crippen molar-refractivity contribution in [1.29, 1.82) is 0 Å². The van der Waals surface area contributed by atoms with Crippen LogP contribution in [-0.4, -0.2) is 46.9 Å². The minimum atomic E-state index is -0.573. The monoisotopic (exact) mass is 334 g/mol. The van der Waals surface area contributed by atoms with E-state index < -0.39 is 11.8 Å². The number of rotatable bonds is 4. The minimum Gasteiger partial charge on any atom is -0.464 e. The third-order valence-electron chi connectivity index (χ3n) is 4.25. The van der Waals surface area contributed by atoms with Crippen LogP contribution in [0.5, 0.6) is 0 Å². The number of aliphatic hydroxyl groups excluding tert-OH is 2. The highest BCUT2D eigenvalue weighted by atomic mass is 19.1. The molecule has 1 saturated heterocycles. The molecule has 2 unspecified atom stereocenters. The van der Waals surface area contributed by atoms with Crippen molar-refractivity contribution in [1.82, 2.24) is 4.90 Å². The fourth-order valence-electron chi connectivity index (χ4n) is 2.97. The van der Waals surface area contributed by atoms with Crippen molar-refractivity contribution in [3.63, 3.8) is 0 Å². The lowest BCUT2D eigenvalue weighted by molar-refractivity contribution is 0.166. The van der Waals surface area contributed by atoms with Gasteiger partial charge in [0.1, 0.15) is 11.6 Å². The summed E-state index contributed by atoms with van der Waals surface area (Å²) in [5.74, 6) is -0.104. The topological polar surface area (TPSA) is 85.9 Å². The number of anilines is 1.